The van der Waals surface area contributed by atoms with E-state index in [2.05, 4.69) is 10.4 Å². The van der Waals surface area contributed by atoms with Crippen LogP contribution in [0.1, 0.15) is 10.4 Å². The molecule has 4 rings (SSSR count). The lowest BCUT2D eigenvalue weighted by molar-refractivity contribution is -0.119. The Bertz CT molecular complexity index is 1260. The van der Waals surface area contributed by atoms with E-state index in [4.69, 9.17) is 16.3 Å². The second-order valence-electron chi connectivity index (χ2n) is 6.81. The number of rotatable bonds is 6. The van der Waals surface area contributed by atoms with Gasteiger partial charge in [-0.2, -0.15) is 5.10 Å². The molecular weight excluding hydrogens is 433 g/mol. The molecule has 0 fully saturated rings. The van der Waals surface area contributed by atoms with E-state index in [-0.39, 0.29) is 5.56 Å². The van der Waals surface area contributed by atoms with Crippen LogP contribution < -0.4 is 5.32 Å². The summed E-state index contributed by atoms with van der Waals surface area (Å²) in [5, 5.41) is 7.56. The van der Waals surface area contributed by atoms with Crippen LogP contribution in [0.4, 0.5) is 10.1 Å². The molecule has 0 unspecified atom stereocenters. The molecule has 0 aliphatic heterocycles. The van der Waals surface area contributed by atoms with Crippen LogP contribution in [-0.2, 0) is 9.53 Å². The smallest absolute Gasteiger partial charge is 0.342 e. The quantitative estimate of drug-likeness (QED) is 0.414. The van der Waals surface area contributed by atoms with Crippen molar-refractivity contribution >= 4 is 29.2 Å². The fraction of sp³-hybridized carbons (Fsp3) is 0.0417. The van der Waals surface area contributed by atoms with Gasteiger partial charge in [-0.3, -0.25) is 4.79 Å². The van der Waals surface area contributed by atoms with Crippen LogP contribution in [0.3, 0.4) is 0 Å². The number of amides is 1. The number of esters is 1. The standard InChI is InChI=1S/C24H17ClFN3O3/c25-17-5-4-6-19(13-17)27-22(30)15-32-24(31)21-14-29(20-7-2-1-3-8-20)28-23(21)16-9-11-18(26)12-10-16/h1-14H,15H2,(H,27,30). The van der Waals surface area contributed by atoms with Crippen LogP contribution in [0, 0.1) is 5.82 Å². The molecular formula is C24H17ClFN3O3. The predicted octanol–water partition coefficient (Wildman–Crippen LogP) is 5.13. The normalized spacial score (nSPS) is 10.6. The van der Waals surface area contributed by atoms with Crippen molar-refractivity contribution in [1.82, 2.24) is 9.78 Å². The third-order valence-electron chi connectivity index (χ3n) is 4.52. The molecule has 0 atom stereocenters. The molecule has 0 saturated carbocycles. The minimum absolute atomic E-state index is 0.149. The van der Waals surface area contributed by atoms with Gasteiger partial charge >= 0.3 is 5.97 Å². The molecule has 1 aromatic heterocycles. The van der Waals surface area contributed by atoms with E-state index < -0.39 is 24.3 Å². The molecule has 3 aromatic carbocycles. The average Bonchev–Trinajstić information content (AvgIpc) is 3.24. The van der Waals surface area contributed by atoms with Crippen molar-refractivity contribution in [3.8, 4) is 16.9 Å². The molecule has 1 heterocycles. The van der Waals surface area contributed by atoms with Gasteiger partial charge in [-0.1, -0.05) is 35.9 Å². The van der Waals surface area contributed by atoms with Crippen molar-refractivity contribution in [2.75, 3.05) is 11.9 Å². The van der Waals surface area contributed by atoms with Crippen molar-refractivity contribution in [1.29, 1.82) is 0 Å². The monoisotopic (exact) mass is 449 g/mol. The molecule has 0 saturated heterocycles. The first kappa shape index (κ1) is 21.3. The van der Waals surface area contributed by atoms with E-state index in [9.17, 15) is 14.0 Å². The SMILES string of the molecule is O=C(COC(=O)c1cn(-c2ccccc2)nc1-c1ccc(F)cc1)Nc1cccc(Cl)c1. The summed E-state index contributed by atoms with van der Waals surface area (Å²) in [6, 6.07) is 21.4. The number of hydrogen-bond acceptors (Lipinski definition) is 4. The van der Waals surface area contributed by atoms with Crippen molar-refractivity contribution in [2.24, 2.45) is 0 Å². The second kappa shape index (κ2) is 9.45. The molecule has 0 bridgehead atoms. The van der Waals surface area contributed by atoms with E-state index in [1.807, 2.05) is 30.3 Å². The predicted molar refractivity (Wildman–Crippen MR) is 119 cm³/mol. The summed E-state index contributed by atoms with van der Waals surface area (Å²) < 4.78 is 20.1. The van der Waals surface area contributed by atoms with E-state index in [1.54, 1.807) is 24.3 Å². The first-order valence-corrected chi connectivity index (χ1v) is 10.0. The van der Waals surface area contributed by atoms with Gasteiger partial charge in [-0.15, -0.1) is 0 Å². The van der Waals surface area contributed by atoms with Gasteiger partial charge in [-0.05, 0) is 54.6 Å². The van der Waals surface area contributed by atoms with Crippen molar-refractivity contribution in [3.63, 3.8) is 0 Å². The molecule has 32 heavy (non-hydrogen) atoms. The molecule has 1 N–H and O–H groups in total. The average molecular weight is 450 g/mol. The highest BCUT2D eigenvalue weighted by molar-refractivity contribution is 6.30. The Hall–Kier alpha value is -3.97. The maximum atomic E-state index is 13.4. The first-order valence-electron chi connectivity index (χ1n) is 9.63. The van der Waals surface area contributed by atoms with Gasteiger partial charge in [0.05, 0.1) is 5.69 Å². The number of ether oxygens (including phenoxy) is 1. The summed E-state index contributed by atoms with van der Waals surface area (Å²) >= 11 is 5.90. The van der Waals surface area contributed by atoms with Crippen LogP contribution in [-0.4, -0.2) is 28.3 Å². The molecule has 0 spiro atoms. The van der Waals surface area contributed by atoms with Gasteiger partial charge in [0.2, 0.25) is 0 Å². The molecule has 4 aromatic rings. The number of para-hydroxylation sites is 1. The van der Waals surface area contributed by atoms with E-state index in [0.29, 0.717) is 22.0 Å². The number of carbonyl (C=O) groups is 2. The third-order valence-corrected chi connectivity index (χ3v) is 4.75. The summed E-state index contributed by atoms with van der Waals surface area (Å²) in [6.45, 7) is -0.495. The highest BCUT2D eigenvalue weighted by Crippen LogP contribution is 2.25. The van der Waals surface area contributed by atoms with Crippen LogP contribution in [0.2, 0.25) is 5.02 Å². The number of anilines is 1. The zero-order valence-electron chi connectivity index (χ0n) is 16.7. The number of carbonyl (C=O) groups excluding carboxylic acids is 2. The van der Waals surface area contributed by atoms with E-state index in [1.165, 1.54) is 35.1 Å². The minimum Gasteiger partial charge on any atom is -0.452 e. The molecule has 6 nitrogen and oxygen atoms in total. The molecule has 0 aliphatic rings. The Labute approximate surface area is 188 Å². The minimum atomic E-state index is -0.729. The number of aromatic nitrogens is 2. The summed E-state index contributed by atoms with van der Waals surface area (Å²) in [5.41, 5.74) is 2.22. The lowest BCUT2D eigenvalue weighted by Gasteiger charge is -2.07. The zero-order chi connectivity index (χ0) is 22.5. The zero-order valence-corrected chi connectivity index (χ0v) is 17.4. The fourth-order valence-corrected chi connectivity index (χ4v) is 3.22. The van der Waals surface area contributed by atoms with Gasteiger partial charge in [0, 0.05) is 22.5 Å². The maximum absolute atomic E-state index is 13.4. The number of halogens is 2. The largest absolute Gasteiger partial charge is 0.452 e. The van der Waals surface area contributed by atoms with Crippen molar-refractivity contribution in [3.05, 3.63) is 101 Å². The van der Waals surface area contributed by atoms with Crippen LogP contribution in [0.5, 0.6) is 0 Å². The Morgan fingerprint density at radius 1 is 1.00 bits per heavy atom. The maximum Gasteiger partial charge on any atom is 0.342 e. The molecule has 160 valence electrons. The van der Waals surface area contributed by atoms with Gasteiger partial charge in [-0.25, -0.2) is 13.9 Å². The molecule has 1 amide bonds. The Morgan fingerprint density at radius 3 is 2.47 bits per heavy atom. The van der Waals surface area contributed by atoms with E-state index in [0.717, 1.165) is 5.69 Å². The lowest BCUT2D eigenvalue weighted by Crippen LogP contribution is -2.21. The van der Waals surface area contributed by atoms with Crippen LogP contribution >= 0.6 is 11.6 Å². The van der Waals surface area contributed by atoms with Crippen LogP contribution in [0.15, 0.2) is 85.1 Å². The Balaban J connectivity index is 1.55. The van der Waals surface area contributed by atoms with Gasteiger partial charge in [0.1, 0.15) is 17.1 Å². The fourth-order valence-electron chi connectivity index (χ4n) is 3.03. The lowest BCUT2D eigenvalue weighted by atomic mass is 10.1. The molecule has 8 heteroatoms. The second-order valence-corrected chi connectivity index (χ2v) is 7.25. The number of benzene rings is 3. The topological polar surface area (TPSA) is 73.2 Å². The number of hydrogen-bond donors (Lipinski definition) is 1. The van der Waals surface area contributed by atoms with Gasteiger partial charge in [0.25, 0.3) is 5.91 Å². The highest BCUT2D eigenvalue weighted by Gasteiger charge is 2.21. The summed E-state index contributed by atoms with van der Waals surface area (Å²) in [7, 11) is 0. The molecule has 0 radical (unpaired) electrons. The van der Waals surface area contributed by atoms with Gasteiger partial charge in [0.15, 0.2) is 6.61 Å². The van der Waals surface area contributed by atoms with Crippen LogP contribution in [0.25, 0.3) is 16.9 Å². The van der Waals surface area contributed by atoms with Crippen molar-refractivity contribution < 1.29 is 18.7 Å². The highest BCUT2D eigenvalue weighted by atomic mass is 35.5. The Morgan fingerprint density at radius 2 is 1.75 bits per heavy atom. The first-order chi connectivity index (χ1) is 15.5. The number of nitrogens with zero attached hydrogens (tertiary/aromatic N) is 2. The summed E-state index contributed by atoms with van der Waals surface area (Å²) in [5.74, 6) is -1.65. The van der Waals surface area contributed by atoms with Crippen molar-refractivity contribution in [2.45, 2.75) is 0 Å². The van der Waals surface area contributed by atoms with Gasteiger partial charge < -0.3 is 10.1 Å². The van der Waals surface area contributed by atoms with E-state index >= 15 is 0 Å². The third kappa shape index (κ3) is 5.01. The summed E-state index contributed by atoms with van der Waals surface area (Å²) in [6.07, 6.45) is 1.52. The number of nitrogens with one attached hydrogen (secondary N) is 1. The summed E-state index contributed by atoms with van der Waals surface area (Å²) in [4.78, 5) is 25.0. The Kier molecular flexibility index (Phi) is 6.28. The molecule has 0 aliphatic carbocycles.